The summed E-state index contributed by atoms with van der Waals surface area (Å²) in [6.07, 6.45) is 5.35. The van der Waals surface area contributed by atoms with Crippen LogP contribution in [0.1, 0.15) is 26.7 Å². The van der Waals surface area contributed by atoms with Crippen molar-refractivity contribution < 1.29 is 13.5 Å². The van der Waals surface area contributed by atoms with Crippen molar-refractivity contribution in [3.63, 3.8) is 0 Å². The molecule has 17 heavy (non-hydrogen) atoms. The van der Waals surface area contributed by atoms with Gasteiger partial charge in [0.05, 0.1) is 12.1 Å². The molecule has 2 aliphatic rings. The highest BCUT2D eigenvalue weighted by atomic mass is 19.3. The molecule has 0 radical (unpaired) electrons. The average molecular weight is 247 g/mol. The first-order valence-electron chi connectivity index (χ1n) is 6.02. The van der Waals surface area contributed by atoms with Crippen molar-refractivity contribution in [1.29, 1.82) is 0 Å². The van der Waals surface area contributed by atoms with E-state index in [0.29, 0.717) is 0 Å². The van der Waals surface area contributed by atoms with E-state index in [-0.39, 0.29) is 5.54 Å². The fourth-order valence-electron chi connectivity index (χ4n) is 2.28. The molecule has 2 heterocycles. The first-order valence-corrected chi connectivity index (χ1v) is 6.02. The Kier molecular flexibility index (Phi) is 8.00. The molecule has 0 aromatic rings. The van der Waals surface area contributed by atoms with Crippen LogP contribution < -0.4 is 0 Å². The summed E-state index contributed by atoms with van der Waals surface area (Å²) >= 11 is 0. The molecular formula is C13H23F2NO. The van der Waals surface area contributed by atoms with Crippen LogP contribution in [-0.2, 0) is 4.74 Å². The zero-order valence-corrected chi connectivity index (χ0v) is 11.0. The van der Waals surface area contributed by atoms with Crippen molar-refractivity contribution >= 4 is 0 Å². The van der Waals surface area contributed by atoms with Crippen molar-refractivity contribution in [2.24, 2.45) is 0 Å². The smallest absolute Gasteiger partial charge is 0.263 e. The van der Waals surface area contributed by atoms with Gasteiger partial charge in [-0.2, -0.15) is 8.78 Å². The van der Waals surface area contributed by atoms with E-state index in [9.17, 15) is 8.78 Å². The Balaban J connectivity index is 0.000000368. The van der Waals surface area contributed by atoms with Crippen LogP contribution in [0.4, 0.5) is 8.78 Å². The quantitative estimate of drug-likeness (QED) is 0.693. The highest BCUT2D eigenvalue weighted by Gasteiger charge is 2.40. The lowest BCUT2D eigenvalue weighted by Gasteiger charge is -2.30. The molecule has 0 spiro atoms. The summed E-state index contributed by atoms with van der Waals surface area (Å²) in [5.74, 6) is 0. The van der Waals surface area contributed by atoms with E-state index < -0.39 is 6.08 Å². The van der Waals surface area contributed by atoms with Crippen molar-refractivity contribution in [1.82, 2.24) is 4.90 Å². The van der Waals surface area contributed by atoms with E-state index in [1.54, 1.807) is 7.11 Å². The minimum Gasteiger partial charge on any atom is -0.382 e. The molecule has 2 rings (SSSR count). The summed E-state index contributed by atoms with van der Waals surface area (Å²) in [7, 11) is 1.79. The van der Waals surface area contributed by atoms with Gasteiger partial charge in [0.2, 0.25) is 0 Å². The van der Waals surface area contributed by atoms with Crippen LogP contribution >= 0.6 is 0 Å². The maximum atomic E-state index is 10.1. The molecule has 1 saturated heterocycles. The minimum absolute atomic E-state index is 0.286. The predicted octanol–water partition coefficient (Wildman–Crippen LogP) is 3.46. The first kappa shape index (κ1) is 16.3. The Bertz CT molecular complexity index is 252. The van der Waals surface area contributed by atoms with Gasteiger partial charge < -0.3 is 4.74 Å². The highest BCUT2D eigenvalue weighted by Crippen LogP contribution is 2.34. The SMILES string of the molecule is C=C(F)F.CC.COCC12C=CCN1CCC2. The third kappa shape index (κ3) is 4.96. The van der Waals surface area contributed by atoms with Crippen molar-refractivity contribution in [2.45, 2.75) is 32.2 Å². The Labute approximate surface area is 103 Å². The van der Waals surface area contributed by atoms with Gasteiger partial charge in [-0.3, -0.25) is 4.90 Å². The minimum atomic E-state index is -1.83. The normalized spacial score (nSPS) is 25.5. The van der Waals surface area contributed by atoms with Gasteiger partial charge in [-0.15, -0.1) is 0 Å². The second kappa shape index (κ2) is 8.37. The summed E-state index contributed by atoms with van der Waals surface area (Å²) < 4.78 is 25.5. The fraction of sp³-hybridized carbons (Fsp3) is 0.692. The van der Waals surface area contributed by atoms with E-state index in [1.807, 2.05) is 13.8 Å². The van der Waals surface area contributed by atoms with Crippen molar-refractivity contribution in [3.05, 3.63) is 24.8 Å². The molecule has 100 valence electrons. The van der Waals surface area contributed by atoms with Gasteiger partial charge in [0.25, 0.3) is 6.08 Å². The molecule has 0 N–H and O–H groups in total. The Morgan fingerprint density at radius 1 is 1.47 bits per heavy atom. The summed E-state index contributed by atoms with van der Waals surface area (Å²) in [6.45, 7) is 9.46. The van der Waals surface area contributed by atoms with Crippen molar-refractivity contribution in [2.75, 3.05) is 26.8 Å². The zero-order valence-electron chi connectivity index (χ0n) is 11.0. The number of halogens is 2. The maximum Gasteiger partial charge on any atom is 0.263 e. The molecule has 0 aliphatic carbocycles. The lowest BCUT2D eigenvalue weighted by atomic mass is 9.99. The number of methoxy groups -OCH3 is 1. The molecule has 2 nitrogen and oxygen atoms in total. The van der Waals surface area contributed by atoms with E-state index in [2.05, 4.69) is 23.6 Å². The molecule has 1 unspecified atom stereocenters. The molecule has 1 atom stereocenters. The molecule has 0 aromatic heterocycles. The predicted molar refractivity (Wildman–Crippen MR) is 67.3 cm³/mol. The lowest BCUT2D eigenvalue weighted by Crippen LogP contribution is -2.42. The number of hydrogen-bond donors (Lipinski definition) is 0. The van der Waals surface area contributed by atoms with Crippen molar-refractivity contribution in [3.8, 4) is 0 Å². The van der Waals surface area contributed by atoms with E-state index in [1.165, 1.54) is 19.4 Å². The Hall–Kier alpha value is -0.740. The fourth-order valence-corrected chi connectivity index (χ4v) is 2.28. The van der Waals surface area contributed by atoms with Gasteiger partial charge in [0.1, 0.15) is 0 Å². The molecule has 2 aliphatic heterocycles. The van der Waals surface area contributed by atoms with Gasteiger partial charge in [-0.25, -0.2) is 0 Å². The summed E-state index contributed by atoms with van der Waals surface area (Å²) in [5, 5.41) is 0. The second-order valence-electron chi connectivity index (χ2n) is 3.83. The molecule has 0 aromatic carbocycles. The van der Waals surface area contributed by atoms with Crippen LogP contribution in [0.3, 0.4) is 0 Å². The Morgan fingerprint density at radius 2 is 2.06 bits per heavy atom. The monoisotopic (exact) mass is 247 g/mol. The van der Waals surface area contributed by atoms with Gasteiger partial charge in [-0.1, -0.05) is 26.0 Å². The number of hydrogen-bond acceptors (Lipinski definition) is 2. The third-order valence-electron chi connectivity index (χ3n) is 2.82. The molecule has 0 saturated carbocycles. The molecular weight excluding hydrogens is 224 g/mol. The van der Waals surface area contributed by atoms with Crippen LogP contribution in [0, 0.1) is 0 Å². The number of ether oxygens (including phenoxy) is 1. The van der Waals surface area contributed by atoms with Gasteiger partial charge >= 0.3 is 0 Å². The van der Waals surface area contributed by atoms with E-state index >= 15 is 0 Å². The average Bonchev–Trinajstić information content (AvgIpc) is 2.79. The maximum absolute atomic E-state index is 10.1. The van der Waals surface area contributed by atoms with E-state index in [4.69, 9.17) is 4.74 Å². The second-order valence-corrected chi connectivity index (χ2v) is 3.83. The summed E-state index contributed by atoms with van der Waals surface area (Å²) in [5.41, 5.74) is 0.286. The topological polar surface area (TPSA) is 12.5 Å². The number of fused-ring (bicyclic) bond motifs is 1. The highest BCUT2D eigenvalue weighted by molar-refractivity contribution is 5.17. The van der Waals surface area contributed by atoms with E-state index in [0.717, 1.165) is 13.2 Å². The number of nitrogens with zero attached hydrogens (tertiary/aromatic N) is 1. The van der Waals surface area contributed by atoms with Crippen LogP contribution in [0.25, 0.3) is 0 Å². The number of rotatable bonds is 2. The molecule has 4 heteroatoms. The van der Waals surface area contributed by atoms with Gasteiger partial charge in [-0.05, 0) is 26.0 Å². The third-order valence-corrected chi connectivity index (χ3v) is 2.82. The Morgan fingerprint density at radius 3 is 2.59 bits per heavy atom. The van der Waals surface area contributed by atoms with Gasteiger partial charge in [0.15, 0.2) is 0 Å². The van der Waals surface area contributed by atoms with Crippen LogP contribution in [-0.4, -0.2) is 37.2 Å². The first-order chi connectivity index (χ1) is 8.10. The van der Waals surface area contributed by atoms with Gasteiger partial charge in [0, 0.05) is 13.7 Å². The lowest BCUT2D eigenvalue weighted by molar-refractivity contribution is 0.0856. The van der Waals surface area contributed by atoms with Crippen LogP contribution in [0.15, 0.2) is 24.8 Å². The van der Waals surface area contributed by atoms with Crippen LogP contribution in [0.2, 0.25) is 0 Å². The van der Waals surface area contributed by atoms with Crippen LogP contribution in [0.5, 0.6) is 0 Å². The summed E-state index contributed by atoms with van der Waals surface area (Å²) in [4.78, 5) is 2.51. The molecule has 0 bridgehead atoms. The molecule has 1 fully saturated rings. The standard InChI is InChI=1S/C9H15NO.C2H2F2.C2H6/c1-11-8-9-4-2-6-10(9)7-3-5-9;1-2(3)4;1-2/h2,4H,3,5-8H2,1H3;1H2;1-2H3. The summed E-state index contributed by atoms with van der Waals surface area (Å²) in [6, 6.07) is 0. The largest absolute Gasteiger partial charge is 0.382 e. The zero-order chi connectivity index (χ0) is 13.3. The molecule has 0 amide bonds.